The summed E-state index contributed by atoms with van der Waals surface area (Å²) in [5, 5.41) is 11.6. The Morgan fingerprint density at radius 2 is 1.51 bits per heavy atom. The van der Waals surface area contributed by atoms with E-state index in [1.54, 1.807) is 20.2 Å². The summed E-state index contributed by atoms with van der Waals surface area (Å²) in [4.78, 5) is 22.1. The number of fused-ring (bicyclic) bond motifs is 2. The van der Waals surface area contributed by atoms with Crippen molar-refractivity contribution in [3.63, 3.8) is 0 Å². The molecule has 5 rings (SSSR count). The maximum atomic E-state index is 12.4. The molecule has 0 spiro atoms. The van der Waals surface area contributed by atoms with E-state index in [9.17, 15) is 23.1 Å². The van der Waals surface area contributed by atoms with Crippen LogP contribution in [0.4, 0.5) is 13.2 Å². The maximum absolute atomic E-state index is 12.4. The van der Waals surface area contributed by atoms with Crippen LogP contribution in [0.3, 0.4) is 0 Å². The van der Waals surface area contributed by atoms with E-state index in [2.05, 4.69) is 111 Å². The SMILES string of the molecule is CC(C)/C(O)=C/C(=O)C(C)(C)C(F)(F)F.Cc1cc(CC(C)(C)C)cc(C)c1-c1sc2c(-c3[c-]c4ccccc4c(C(C)(C)C)c3)ncnc2c1C.[Ir]. The molecule has 0 fully saturated rings. The van der Waals surface area contributed by atoms with E-state index in [0.717, 1.165) is 47.1 Å². The summed E-state index contributed by atoms with van der Waals surface area (Å²) in [6, 6.07) is 19.3. The first-order chi connectivity index (χ1) is 23.8. The molecule has 1 radical (unpaired) electrons. The Morgan fingerprint density at radius 1 is 0.925 bits per heavy atom. The largest absolute Gasteiger partial charge is 0.512 e. The van der Waals surface area contributed by atoms with E-state index in [4.69, 9.17) is 9.97 Å². The van der Waals surface area contributed by atoms with E-state index in [1.807, 2.05) is 11.3 Å². The molecule has 287 valence electrons. The number of thiophene rings is 1. The number of aryl methyl sites for hydroxylation is 3. The van der Waals surface area contributed by atoms with Crippen LogP contribution in [-0.4, -0.2) is 27.0 Å². The first-order valence-corrected chi connectivity index (χ1v) is 18.5. The molecule has 0 aliphatic carbocycles. The van der Waals surface area contributed by atoms with Gasteiger partial charge in [-0.2, -0.15) is 13.2 Å². The first-order valence-electron chi connectivity index (χ1n) is 17.7. The molecule has 2 aromatic heterocycles. The van der Waals surface area contributed by atoms with Crippen molar-refractivity contribution in [3.05, 3.63) is 94.5 Å². The van der Waals surface area contributed by atoms with Gasteiger partial charge in [0.25, 0.3) is 0 Å². The summed E-state index contributed by atoms with van der Waals surface area (Å²) in [5.41, 5.74) is 8.82. The number of allylic oxidation sites excluding steroid dienone is 2. The fourth-order valence-electron chi connectivity index (χ4n) is 6.18. The monoisotopic (exact) mass is 922 g/mol. The van der Waals surface area contributed by atoms with Crippen molar-refractivity contribution >= 4 is 38.1 Å². The van der Waals surface area contributed by atoms with Gasteiger partial charge in [0.1, 0.15) is 11.7 Å². The molecule has 3 aromatic carbocycles. The number of aliphatic hydroxyl groups excluding tert-OH is 1. The van der Waals surface area contributed by atoms with Gasteiger partial charge in [-0.15, -0.1) is 40.5 Å². The Bertz CT molecular complexity index is 2130. The number of aromatic nitrogens is 2. The molecule has 0 amide bonds. The maximum Gasteiger partial charge on any atom is 0.401 e. The van der Waals surface area contributed by atoms with Crippen LogP contribution in [-0.2, 0) is 36.7 Å². The standard InChI is InChI=1S/C34H37N2S.C10H15F3O2.Ir/c1-20-14-23(18-33(4,5)6)15-21(2)28(20)31-22(3)29-32(37-31)30(36-19-35-29)25-16-24-12-10-11-13-26(24)27(17-25)34(7,8)9;1-6(2)7(14)5-8(15)9(3,4)10(11,12)13;/h10-15,17,19H,18H2,1-9H3;5-6,14H,1-4H3;/q-1;;/b;7-5-;. The molecule has 0 saturated heterocycles. The second-order valence-electron chi connectivity index (χ2n) is 16.9. The van der Waals surface area contributed by atoms with Crippen molar-refractivity contribution in [2.24, 2.45) is 16.7 Å². The van der Waals surface area contributed by atoms with Gasteiger partial charge in [-0.3, -0.25) is 9.78 Å². The average molecular weight is 922 g/mol. The third-order valence-corrected chi connectivity index (χ3v) is 10.6. The Balaban J connectivity index is 0.000000403. The molecule has 0 unspecified atom stereocenters. The average Bonchev–Trinajstić information content (AvgIpc) is 3.34. The summed E-state index contributed by atoms with van der Waals surface area (Å²) in [5.74, 6) is -1.84. The van der Waals surface area contributed by atoms with Gasteiger partial charge in [0.2, 0.25) is 0 Å². The Kier molecular flexibility index (Phi) is 13.4. The van der Waals surface area contributed by atoms with Crippen molar-refractivity contribution in [2.45, 2.75) is 108 Å². The van der Waals surface area contributed by atoms with Gasteiger partial charge in [0.05, 0.1) is 11.3 Å². The zero-order valence-corrected chi connectivity index (χ0v) is 36.3. The van der Waals surface area contributed by atoms with Crippen molar-refractivity contribution in [3.8, 4) is 21.7 Å². The summed E-state index contributed by atoms with van der Waals surface area (Å²) in [6.45, 7) is 25.2. The number of rotatable bonds is 6. The van der Waals surface area contributed by atoms with E-state index >= 15 is 0 Å². The molecule has 1 N–H and O–H groups in total. The second kappa shape index (κ2) is 16.1. The van der Waals surface area contributed by atoms with Crippen molar-refractivity contribution in [2.75, 3.05) is 0 Å². The van der Waals surface area contributed by atoms with Crippen LogP contribution < -0.4 is 0 Å². The Morgan fingerprint density at radius 3 is 2.04 bits per heavy atom. The Labute approximate surface area is 330 Å². The molecule has 0 atom stereocenters. The summed E-state index contributed by atoms with van der Waals surface area (Å²) >= 11 is 1.82. The summed E-state index contributed by atoms with van der Waals surface area (Å²) < 4.78 is 38.3. The van der Waals surface area contributed by atoms with Gasteiger partial charge in [0, 0.05) is 47.4 Å². The quantitative estimate of drug-likeness (QED) is 0.105. The number of hydrogen-bond donors (Lipinski definition) is 1. The molecule has 4 nitrogen and oxygen atoms in total. The topological polar surface area (TPSA) is 63.1 Å². The van der Waals surface area contributed by atoms with Gasteiger partial charge in [0.15, 0.2) is 5.78 Å². The molecule has 0 aliphatic heterocycles. The molecule has 53 heavy (non-hydrogen) atoms. The van der Waals surface area contributed by atoms with E-state index < -0.39 is 17.4 Å². The van der Waals surface area contributed by atoms with Gasteiger partial charge in [-0.25, -0.2) is 4.98 Å². The van der Waals surface area contributed by atoms with Crippen LogP contribution in [0.5, 0.6) is 0 Å². The second-order valence-corrected chi connectivity index (χ2v) is 17.9. The van der Waals surface area contributed by atoms with Gasteiger partial charge >= 0.3 is 6.18 Å². The Hall–Kier alpha value is -3.39. The number of carbonyl (C=O) groups is 1. The molecule has 0 saturated carbocycles. The van der Waals surface area contributed by atoms with Crippen molar-refractivity contribution in [1.82, 2.24) is 9.97 Å². The van der Waals surface area contributed by atoms with Crippen molar-refractivity contribution < 1.29 is 43.2 Å². The zero-order chi connectivity index (χ0) is 39.1. The predicted molar refractivity (Wildman–Crippen MR) is 211 cm³/mol. The number of ketones is 1. The minimum atomic E-state index is -4.61. The van der Waals surface area contributed by atoms with E-state index in [1.165, 1.54) is 43.6 Å². The van der Waals surface area contributed by atoms with Gasteiger partial charge < -0.3 is 5.11 Å². The fraction of sp³-hybridized carbons (Fsp3) is 0.432. The van der Waals surface area contributed by atoms with Crippen LogP contribution in [0, 0.1) is 43.6 Å². The van der Waals surface area contributed by atoms with E-state index in [-0.39, 0.29) is 42.6 Å². The van der Waals surface area contributed by atoms with Crippen LogP contribution in [0.2, 0.25) is 0 Å². The number of aliphatic hydroxyl groups is 1. The predicted octanol–water partition coefficient (Wildman–Crippen LogP) is 13.0. The number of benzene rings is 3. The van der Waals surface area contributed by atoms with E-state index in [0.29, 0.717) is 6.08 Å². The molecule has 0 bridgehead atoms. The van der Waals surface area contributed by atoms with Crippen LogP contribution in [0.15, 0.2) is 60.6 Å². The minimum Gasteiger partial charge on any atom is -0.512 e. The van der Waals surface area contributed by atoms with Crippen LogP contribution in [0.1, 0.15) is 97.1 Å². The number of halogens is 3. The smallest absolute Gasteiger partial charge is 0.401 e. The number of alkyl halides is 3. The normalized spacial score (nSPS) is 12.9. The van der Waals surface area contributed by atoms with Gasteiger partial charge in [-0.05, 0) is 79.7 Å². The number of nitrogens with zero attached hydrogens (tertiary/aromatic N) is 2. The van der Waals surface area contributed by atoms with Gasteiger partial charge in [-0.1, -0.05) is 96.7 Å². The molecular weight excluding hydrogens is 870 g/mol. The first kappa shape index (κ1) is 44.0. The zero-order valence-electron chi connectivity index (χ0n) is 33.1. The summed E-state index contributed by atoms with van der Waals surface area (Å²) in [7, 11) is 0. The third-order valence-electron chi connectivity index (χ3n) is 9.29. The minimum absolute atomic E-state index is 0. The number of hydrogen-bond acceptors (Lipinski definition) is 5. The number of carbonyl (C=O) groups excluding carboxylic acids is 1. The molecule has 5 aromatic rings. The third kappa shape index (κ3) is 9.84. The van der Waals surface area contributed by atoms with Crippen molar-refractivity contribution in [1.29, 1.82) is 0 Å². The molecule has 2 heterocycles. The molecule has 0 aliphatic rings. The molecular formula is C44H52F3IrN2O2S-. The summed E-state index contributed by atoms with van der Waals surface area (Å²) in [6.07, 6.45) is -1.17. The van der Waals surface area contributed by atoms with Crippen LogP contribution in [0.25, 0.3) is 42.7 Å². The fourth-order valence-corrected chi connectivity index (χ4v) is 7.62. The molecule has 9 heteroatoms. The van der Waals surface area contributed by atoms with Crippen LogP contribution >= 0.6 is 11.3 Å².